The molecule has 6 nitrogen and oxygen atoms in total. The molecule has 0 fully saturated rings. The molecule has 0 aromatic heterocycles. The van der Waals surface area contributed by atoms with Crippen molar-refractivity contribution in [3.05, 3.63) is 77.3 Å². The van der Waals surface area contributed by atoms with Gasteiger partial charge in [0, 0.05) is 16.3 Å². The molecule has 0 saturated heterocycles. The van der Waals surface area contributed by atoms with E-state index in [2.05, 4.69) is 10.6 Å². The van der Waals surface area contributed by atoms with Crippen LogP contribution in [0.1, 0.15) is 17.3 Å². The fraction of sp³-hybridized carbons (Fsp3) is 0.136. The van der Waals surface area contributed by atoms with Gasteiger partial charge < -0.3 is 15.4 Å². The second-order valence-corrected chi connectivity index (χ2v) is 6.81. The van der Waals surface area contributed by atoms with E-state index in [0.717, 1.165) is 10.8 Å². The molecule has 29 heavy (non-hydrogen) atoms. The zero-order valence-electron chi connectivity index (χ0n) is 15.6. The number of ether oxygens (including phenoxy) is 1. The van der Waals surface area contributed by atoms with Crippen LogP contribution in [0.5, 0.6) is 0 Å². The molecule has 0 aliphatic heterocycles. The molecule has 148 valence electrons. The van der Waals surface area contributed by atoms with E-state index in [-0.39, 0.29) is 6.54 Å². The Labute approximate surface area is 172 Å². The molecule has 1 atom stereocenters. The molecule has 3 aromatic rings. The predicted molar refractivity (Wildman–Crippen MR) is 112 cm³/mol. The minimum Gasteiger partial charge on any atom is -0.451 e. The summed E-state index contributed by atoms with van der Waals surface area (Å²) < 4.78 is 5.07. The van der Waals surface area contributed by atoms with Gasteiger partial charge in [-0.25, -0.2) is 0 Å². The number of fused-ring (bicyclic) bond motifs is 1. The number of halogens is 1. The van der Waals surface area contributed by atoms with Crippen LogP contribution in [-0.4, -0.2) is 30.4 Å². The largest absolute Gasteiger partial charge is 0.451 e. The Bertz CT molecular complexity index is 1070. The number of rotatable bonds is 6. The first-order chi connectivity index (χ1) is 13.9. The van der Waals surface area contributed by atoms with Gasteiger partial charge in [-0.05, 0) is 48.0 Å². The van der Waals surface area contributed by atoms with Gasteiger partial charge in [-0.1, -0.05) is 48.0 Å². The summed E-state index contributed by atoms with van der Waals surface area (Å²) in [7, 11) is 0. The molecular weight excluding hydrogens is 392 g/mol. The van der Waals surface area contributed by atoms with Crippen molar-refractivity contribution < 1.29 is 19.1 Å². The number of esters is 1. The summed E-state index contributed by atoms with van der Waals surface area (Å²) in [4.78, 5) is 36.4. The molecule has 2 N–H and O–H groups in total. The Hall–Kier alpha value is -3.38. The van der Waals surface area contributed by atoms with Crippen LogP contribution < -0.4 is 10.6 Å². The summed E-state index contributed by atoms with van der Waals surface area (Å²) in [6.45, 7) is 1.10. The van der Waals surface area contributed by atoms with Crippen LogP contribution in [0.25, 0.3) is 10.8 Å². The topological polar surface area (TPSA) is 84.5 Å². The van der Waals surface area contributed by atoms with Gasteiger partial charge in [0.25, 0.3) is 11.8 Å². The van der Waals surface area contributed by atoms with Crippen LogP contribution in [0, 0.1) is 0 Å². The van der Waals surface area contributed by atoms with Gasteiger partial charge in [-0.2, -0.15) is 0 Å². The highest BCUT2D eigenvalue weighted by Gasteiger charge is 2.18. The molecule has 3 aromatic carbocycles. The molecule has 0 aliphatic rings. The Morgan fingerprint density at radius 2 is 1.72 bits per heavy atom. The number of hydrogen-bond donors (Lipinski definition) is 2. The molecule has 3 rings (SSSR count). The van der Waals surface area contributed by atoms with Crippen molar-refractivity contribution in [2.45, 2.75) is 13.0 Å². The van der Waals surface area contributed by atoms with Crippen molar-refractivity contribution in [2.24, 2.45) is 0 Å². The molecule has 0 unspecified atom stereocenters. The van der Waals surface area contributed by atoms with E-state index in [1.165, 1.54) is 6.92 Å². The average molecular weight is 411 g/mol. The van der Waals surface area contributed by atoms with E-state index in [9.17, 15) is 14.4 Å². The maximum Gasteiger partial charge on any atom is 0.326 e. The number of carbonyl (C=O) groups excluding carboxylic acids is 3. The molecule has 2 amide bonds. The van der Waals surface area contributed by atoms with Crippen LogP contribution in [0.15, 0.2) is 66.7 Å². The average Bonchev–Trinajstić information content (AvgIpc) is 2.71. The first-order valence-corrected chi connectivity index (χ1v) is 9.33. The first-order valence-electron chi connectivity index (χ1n) is 8.95. The first kappa shape index (κ1) is 20.4. The zero-order valence-corrected chi connectivity index (χ0v) is 16.4. The molecule has 0 radical (unpaired) electrons. The van der Waals surface area contributed by atoms with Gasteiger partial charge in [0.1, 0.15) is 6.54 Å². The summed E-state index contributed by atoms with van der Waals surface area (Å²) in [6.07, 6.45) is -1.03. The minimum absolute atomic E-state index is 0.347. The lowest BCUT2D eigenvalue weighted by molar-refractivity contribution is -0.152. The molecule has 7 heteroatoms. The standard InChI is InChI=1S/C22H19ClN2O4/c1-14(21(27)25-19-8-4-7-18(23)12-19)29-20(26)13-24-22(28)17-10-9-15-5-2-3-6-16(15)11-17/h2-12,14H,13H2,1H3,(H,24,28)(H,25,27)/t14-/m0/s1. The van der Waals surface area contributed by atoms with Gasteiger partial charge in [0.15, 0.2) is 6.10 Å². The highest BCUT2D eigenvalue weighted by atomic mass is 35.5. The van der Waals surface area contributed by atoms with E-state index in [4.69, 9.17) is 16.3 Å². The SMILES string of the molecule is C[C@H](OC(=O)CNC(=O)c1ccc2ccccc2c1)C(=O)Nc1cccc(Cl)c1. The lowest BCUT2D eigenvalue weighted by atomic mass is 10.1. The quantitative estimate of drug-likeness (QED) is 0.605. The van der Waals surface area contributed by atoms with Crippen LogP contribution in [0.4, 0.5) is 5.69 Å². The minimum atomic E-state index is -1.03. The van der Waals surface area contributed by atoms with Crippen LogP contribution >= 0.6 is 11.6 Å². The third-order valence-corrected chi connectivity index (χ3v) is 4.41. The second kappa shape index (κ2) is 9.21. The highest BCUT2D eigenvalue weighted by molar-refractivity contribution is 6.30. The van der Waals surface area contributed by atoms with Crippen molar-refractivity contribution in [1.29, 1.82) is 0 Å². The third-order valence-electron chi connectivity index (χ3n) is 4.17. The maximum atomic E-state index is 12.3. The fourth-order valence-corrected chi connectivity index (χ4v) is 2.88. The van der Waals surface area contributed by atoms with Gasteiger partial charge in [0.05, 0.1) is 0 Å². The number of nitrogens with one attached hydrogen (secondary N) is 2. The summed E-state index contributed by atoms with van der Waals surface area (Å²) in [6, 6.07) is 19.5. The number of hydrogen-bond acceptors (Lipinski definition) is 4. The van der Waals surface area contributed by atoms with Crippen molar-refractivity contribution in [2.75, 3.05) is 11.9 Å². The smallest absolute Gasteiger partial charge is 0.326 e. The van der Waals surface area contributed by atoms with Crippen molar-refractivity contribution in [3.63, 3.8) is 0 Å². The van der Waals surface area contributed by atoms with E-state index >= 15 is 0 Å². The zero-order chi connectivity index (χ0) is 20.8. The number of benzene rings is 3. The fourth-order valence-electron chi connectivity index (χ4n) is 2.69. The van der Waals surface area contributed by atoms with Gasteiger partial charge in [-0.3, -0.25) is 14.4 Å². The van der Waals surface area contributed by atoms with Gasteiger partial charge in [0.2, 0.25) is 0 Å². The van der Waals surface area contributed by atoms with Crippen LogP contribution in [-0.2, 0) is 14.3 Å². The third kappa shape index (κ3) is 5.56. The summed E-state index contributed by atoms with van der Waals surface area (Å²) in [5.41, 5.74) is 0.929. The Morgan fingerprint density at radius 1 is 0.966 bits per heavy atom. The molecular formula is C22H19ClN2O4. The summed E-state index contributed by atoms with van der Waals surface area (Å²) in [5, 5.41) is 7.53. The summed E-state index contributed by atoms with van der Waals surface area (Å²) >= 11 is 5.87. The predicted octanol–water partition coefficient (Wildman–Crippen LogP) is 3.79. The lowest BCUT2D eigenvalue weighted by Crippen LogP contribution is -2.35. The van der Waals surface area contributed by atoms with E-state index in [1.807, 2.05) is 30.3 Å². The van der Waals surface area contributed by atoms with Crippen LogP contribution in [0.3, 0.4) is 0 Å². The number of amides is 2. The van der Waals surface area contributed by atoms with E-state index in [1.54, 1.807) is 36.4 Å². The van der Waals surface area contributed by atoms with Crippen molar-refractivity contribution >= 4 is 45.8 Å². The van der Waals surface area contributed by atoms with Crippen molar-refractivity contribution in [3.8, 4) is 0 Å². The maximum absolute atomic E-state index is 12.3. The summed E-state index contributed by atoms with van der Waals surface area (Å²) in [5.74, 6) is -1.61. The van der Waals surface area contributed by atoms with E-state index in [0.29, 0.717) is 16.3 Å². The van der Waals surface area contributed by atoms with Crippen LogP contribution in [0.2, 0.25) is 5.02 Å². The van der Waals surface area contributed by atoms with Gasteiger partial charge >= 0.3 is 5.97 Å². The van der Waals surface area contributed by atoms with Gasteiger partial charge in [-0.15, -0.1) is 0 Å². The normalized spacial score (nSPS) is 11.5. The Morgan fingerprint density at radius 3 is 2.48 bits per heavy atom. The molecule has 0 saturated carbocycles. The second-order valence-electron chi connectivity index (χ2n) is 6.38. The molecule has 0 spiro atoms. The lowest BCUT2D eigenvalue weighted by Gasteiger charge is -2.14. The van der Waals surface area contributed by atoms with Crippen molar-refractivity contribution in [1.82, 2.24) is 5.32 Å². The monoisotopic (exact) mass is 410 g/mol. The molecule has 0 bridgehead atoms. The molecule has 0 heterocycles. The Kier molecular flexibility index (Phi) is 6.46. The number of carbonyl (C=O) groups is 3. The molecule has 0 aliphatic carbocycles. The Balaban J connectivity index is 1.50. The highest BCUT2D eigenvalue weighted by Crippen LogP contribution is 2.16. The van der Waals surface area contributed by atoms with E-state index < -0.39 is 23.9 Å². The number of anilines is 1.